The first-order valence-electron chi connectivity index (χ1n) is 8.28. The van der Waals surface area contributed by atoms with E-state index in [4.69, 9.17) is 21.7 Å². The van der Waals surface area contributed by atoms with Crippen LogP contribution in [0.1, 0.15) is 12.5 Å². The first-order chi connectivity index (χ1) is 12.6. The summed E-state index contributed by atoms with van der Waals surface area (Å²) >= 11 is 5.21. The highest BCUT2D eigenvalue weighted by molar-refractivity contribution is 7.71. The minimum absolute atomic E-state index is 0.0407. The molecule has 0 amide bonds. The summed E-state index contributed by atoms with van der Waals surface area (Å²) in [4.78, 5) is 14.8. The van der Waals surface area contributed by atoms with Gasteiger partial charge < -0.3 is 14.6 Å². The number of hydrogen-bond donors (Lipinski definition) is 2. The van der Waals surface area contributed by atoms with Crippen molar-refractivity contribution in [3.63, 3.8) is 0 Å². The highest BCUT2D eigenvalue weighted by atomic mass is 32.1. The van der Waals surface area contributed by atoms with Crippen LogP contribution in [0.3, 0.4) is 0 Å². The van der Waals surface area contributed by atoms with Gasteiger partial charge in [-0.2, -0.15) is 5.10 Å². The molecule has 0 saturated carbocycles. The van der Waals surface area contributed by atoms with Gasteiger partial charge in [0.25, 0.3) is 5.56 Å². The van der Waals surface area contributed by atoms with Crippen LogP contribution in [-0.2, 0) is 4.74 Å². The summed E-state index contributed by atoms with van der Waals surface area (Å²) in [6.07, 6.45) is 1.35. The third kappa shape index (κ3) is 3.94. The predicted octanol–water partition coefficient (Wildman–Crippen LogP) is 1.67. The molecule has 0 unspecified atom stereocenters. The van der Waals surface area contributed by atoms with E-state index in [1.54, 1.807) is 29.3 Å². The monoisotopic (exact) mass is 376 g/mol. The van der Waals surface area contributed by atoms with E-state index in [0.29, 0.717) is 44.3 Å². The van der Waals surface area contributed by atoms with Gasteiger partial charge >= 0.3 is 0 Å². The van der Waals surface area contributed by atoms with Crippen LogP contribution in [0.4, 0.5) is 0 Å². The van der Waals surface area contributed by atoms with Crippen molar-refractivity contribution in [2.75, 3.05) is 32.9 Å². The molecule has 2 heterocycles. The molecule has 2 aromatic rings. The molecular weight excluding hydrogens is 356 g/mol. The SMILES string of the molecule is CCOc1ccc(-n2c(O)c(/C=N/N3CCOCC3)c(=O)[nH]c2=S)cc1. The highest BCUT2D eigenvalue weighted by Gasteiger charge is 2.14. The molecule has 0 bridgehead atoms. The topological polar surface area (TPSA) is 92.1 Å². The van der Waals surface area contributed by atoms with Gasteiger partial charge in [0.05, 0.1) is 44.8 Å². The lowest BCUT2D eigenvalue weighted by Crippen LogP contribution is -2.32. The molecule has 1 aromatic carbocycles. The van der Waals surface area contributed by atoms with Gasteiger partial charge in [-0.15, -0.1) is 0 Å². The zero-order chi connectivity index (χ0) is 18.5. The average Bonchev–Trinajstić information content (AvgIpc) is 2.64. The summed E-state index contributed by atoms with van der Waals surface area (Å²) in [5, 5.41) is 16.7. The third-order valence-electron chi connectivity index (χ3n) is 3.86. The van der Waals surface area contributed by atoms with Crippen molar-refractivity contribution >= 4 is 18.4 Å². The van der Waals surface area contributed by atoms with E-state index in [0.717, 1.165) is 0 Å². The molecule has 1 saturated heterocycles. The predicted molar refractivity (Wildman–Crippen MR) is 100 cm³/mol. The quantitative estimate of drug-likeness (QED) is 0.609. The van der Waals surface area contributed by atoms with Crippen LogP contribution in [0.25, 0.3) is 5.69 Å². The molecule has 0 aliphatic carbocycles. The molecule has 3 rings (SSSR count). The minimum Gasteiger partial charge on any atom is -0.494 e. The van der Waals surface area contributed by atoms with E-state index in [1.807, 2.05) is 6.92 Å². The molecule has 2 N–H and O–H groups in total. The lowest BCUT2D eigenvalue weighted by atomic mass is 10.2. The molecule has 138 valence electrons. The third-order valence-corrected chi connectivity index (χ3v) is 4.15. The van der Waals surface area contributed by atoms with Gasteiger partial charge in [0, 0.05) is 0 Å². The van der Waals surface area contributed by atoms with Crippen molar-refractivity contribution in [3.8, 4) is 17.3 Å². The average molecular weight is 376 g/mol. The number of rotatable bonds is 5. The Morgan fingerprint density at radius 2 is 2.04 bits per heavy atom. The molecule has 1 aromatic heterocycles. The van der Waals surface area contributed by atoms with E-state index in [1.165, 1.54) is 10.8 Å². The Labute approximate surface area is 155 Å². The Kier molecular flexibility index (Phi) is 5.69. The van der Waals surface area contributed by atoms with Gasteiger partial charge in [-0.05, 0) is 43.4 Å². The van der Waals surface area contributed by atoms with Crippen LogP contribution >= 0.6 is 12.2 Å². The second kappa shape index (κ2) is 8.15. The first-order valence-corrected chi connectivity index (χ1v) is 8.69. The van der Waals surface area contributed by atoms with E-state index in [-0.39, 0.29) is 16.2 Å². The smallest absolute Gasteiger partial charge is 0.264 e. The van der Waals surface area contributed by atoms with Gasteiger partial charge in [-0.1, -0.05) is 0 Å². The number of aromatic amines is 1. The number of morpholine rings is 1. The number of nitrogens with one attached hydrogen (secondary N) is 1. The Bertz CT molecular complexity index is 898. The second-order valence-corrected chi connectivity index (χ2v) is 5.96. The summed E-state index contributed by atoms with van der Waals surface area (Å²) in [6.45, 7) is 4.89. The number of nitrogens with zero attached hydrogens (tertiary/aromatic N) is 3. The van der Waals surface area contributed by atoms with Crippen molar-refractivity contribution in [2.45, 2.75) is 6.92 Å². The normalized spacial score (nSPS) is 14.7. The molecule has 0 radical (unpaired) electrons. The lowest BCUT2D eigenvalue weighted by Gasteiger charge is -2.23. The first kappa shape index (κ1) is 18.2. The molecule has 1 aliphatic heterocycles. The fourth-order valence-corrected chi connectivity index (χ4v) is 2.85. The fourth-order valence-electron chi connectivity index (χ4n) is 2.56. The number of aromatic nitrogens is 2. The van der Waals surface area contributed by atoms with Crippen LogP contribution in [0, 0.1) is 4.77 Å². The molecule has 1 fully saturated rings. The van der Waals surface area contributed by atoms with Crippen molar-refractivity contribution in [1.29, 1.82) is 0 Å². The van der Waals surface area contributed by atoms with Gasteiger partial charge in [-0.3, -0.25) is 19.4 Å². The molecule has 9 heteroatoms. The molecule has 1 aliphatic rings. The van der Waals surface area contributed by atoms with Crippen LogP contribution in [0.5, 0.6) is 11.6 Å². The fraction of sp³-hybridized carbons (Fsp3) is 0.353. The Morgan fingerprint density at radius 1 is 1.35 bits per heavy atom. The maximum Gasteiger partial charge on any atom is 0.264 e. The second-order valence-electron chi connectivity index (χ2n) is 5.57. The van der Waals surface area contributed by atoms with Gasteiger partial charge in [-0.25, -0.2) is 0 Å². The minimum atomic E-state index is -0.494. The van der Waals surface area contributed by atoms with Crippen molar-refractivity contribution < 1.29 is 14.6 Å². The van der Waals surface area contributed by atoms with E-state index >= 15 is 0 Å². The maximum atomic E-state index is 12.2. The molecule has 26 heavy (non-hydrogen) atoms. The van der Waals surface area contributed by atoms with Crippen LogP contribution in [0.15, 0.2) is 34.2 Å². The van der Waals surface area contributed by atoms with Crippen molar-refractivity contribution in [2.24, 2.45) is 5.10 Å². The maximum absolute atomic E-state index is 12.2. The number of ether oxygens (including phenoxy) is 2. The Hall–Kier alpha value is -2.65. The van der Waals surface area contributed by atoms with Gasteiger partial charge in [0.15, 0.2) is 4.77 Å². The van der Waals surface area contributed by atoms with Crippen LogP contribution in [0.2, 0.25) is 0 Å². The molecule has 8 nitrogen and oxygen atoms in total. The van der Waals surface area contributed by atoms with Crippen LogP contribution < -0.4 is 10.3 Å². The number of aromatic hydroxyl groups is 1. The summed E-state index contributed by atoms with van der Waals surface area (Å²) < 4.78 is 12.2. The highest BCUT2D eigenvalue weighted by Crippen LogP contribution is 2.21. The van der Waals surface area contributed by atoms with Crippen LogP contribution in [-0.4, -0.2) is 58.8 Å². The zero-order valence-electron chi connectivity index (χ0n) is 14.3. The number of hydrazone groups is 1. The largest absolute Gasteiger partial charge is 0.494 e. The summed E-state index contributed by atoms with van der Waals surface area (Å²) in [6, 6.07) is 7.04. The zero-order valence-corrected chi connectivity index (χ0v) is 15.2. The summed E-state index contributed by atoms with van der Waals surface area (Å²) in [5.41, 5.74) is 0.152. The number of hydrogen-bond acceptors (Lipinski definition) is 7. The molecule has 0 spiro atoms. The van der Waals surface area contributed by atoms with E-state index < -0.39 is 5.56 Å². The summed E-state index contributed by atoms with van der Waals surface area (Å²) in [5.74, 6) is 0.445. The standard InChI is InChI=1S/C17H20N4O4S/c1-2-25-13-5-3-12(4-6-13)21-16(23)14(15(22)19-17(21)26)11-18-20-7-9-24-10-8-20/h3-6,11,23H,2,7-10H2,1H3,(H,19,22,26)/b18-11+. The summed E-state index contributed by atoms with van der Waals surface area (Å²) in [7, 11) is 0. The van der Waals surface area contributed by atoms with Gasteiger partial charge in [0.1, 0.15) is 11.3 Å². The van der Waals surface area contributed by atoms with Gasteiger partial charge in [0.2, 0.25) is 5.88 Å². The lowest BCUT2D eigenvalue weighted by molar-refractivity contribution is 0.0396. The van der Waals surface area contributed by atoms with Crippen molar-refractivity contribution in [3.05, 3.63) is 45.0 Å². The Balaban J connectivity index is 1.97. The van der Waals surface area contributed by atoms with E-state index in [2.05, 4.69) is 10.1 Å². The number of benzene rings is 1. The molecule has 0 atom stereocenters. The Morgan fingerprint density at radius 3 is 2.69 bits per heavy atom. The number of H-pyrrole nitrogens is 1. The van der Waals surface area contributed by atoms with E-state index in [9.17, 15) is 9.90 Å². The van der Waals surface area contributed by atoms with Crippen molar-refractivity contribution in [1.82, 2.24) is 14.6 Å². The molecular formula is C17H20N4O4S.